The average molecular weight is 356 g/mol. The number of hydrogen-bond acceptors (Lipinski definition) is 5. The summed E-state index contributed by atoms with van der Waals surface area (Å²) in [5.74, 6) is 0.409. The van der Waals surface area contributed by atoms with Crippen molar-refractivity contribution in [3.8, 4) is 0 Å². The molecule has 1 amide bonds. The van der Waals surface area contributed by atoms with Crippen molar-refractivity contribution < 1.29 is 14.3 Å². The first kappa shape index (κ1) is 17.2. The summed E-state index contributed by atoms with van der Waals surface area (Å²) >= 11 is 0. The van der Waals surface area contributed by atoms with Crippen molar-refractivity contribution in [3.05, 3.63) is 41.3 Å². The van der Waals surface area contributed by atoms with Crippen LogP contribution >= 0.6 is 0 Å². The average Bonchev–Trinajstić information content (AvgIpc) is 3.11. The number of hydrogen-bond donors (Lipinski definition) is 1. The van der Waals surface area contributed by atoms with Crippen LogP contribution in [-0.2, 0) is 28.0 Å². The number of carbonyl (C=O) groups is 1. The molecule has 2 aliphatic heterocycles. The number of methoxy groups -OCH3 is 1. The number of carbonyl (C=O) groups excluding carboxylic acids is 1. The maximum Gasteiger partial charge on any atom is 0.258 e. The Morgan fingerprint density at radius 3 is 2.85 bits per heavy atom. The molecule has 26 heavy (non-hydrogen) atoms. The number of rotatable bonds is 4. The Balaban J connectivity index is 1.47. The van der Waals surface area contributed by atoms with Gasteiger partial charge in [0.25, 0.3) is 5.91 Å². The molecule has 0 radical (unpaired) electrons. The summed E-state index contributed by atoms with van der Waals surface area (Å²) in [5, 5.41) is 7.34. The molecule has 0 spiro atoms. The number of aryl methyl sites for hydroxylation is 2. The SMILES string of the molecule is COC1(c2ccc(C(=O)Nc3cc4n(n3)CCCC4)cn2)CCOCC1. The molecule has 138 valence electrons. The molecule has 7 nitrogen and oxygen atoms in total. The zero-order valence-corrected chi connectivity index (χ0v) is 15.0. The topological polar surface area (TPSA) is 78.3 Å². The molecule has 0 bridgehead atoms. The van der Waals surface area contributed by atoms with E-state index in [1.807, 2.05) is 16.8 Å². The van der Waals surface area contributed by atoms with Gasteiger partial charge in [-0.2, -0.15) is 5.10 Å². The lowest BCUT2D eigenvalue weighted by molar-refractivity contribution is -0.0973. The van der Waals surface area contributed by atoms with Crippen LogP contribution in [0.3, 0.4) is 0 Å². The summed E-state index contributed by atoms with van der Waals surface area (Å²) in [6.45, 7) is 2.23. The van der Waals surface area contributed by atoms with Gasteiger partial charge in [-0.15, -0.1) is 0 Å². The third kappa shape index (κ3) is 3.24. The summed E-state index contributed by atoms with van der Waals surface area (Å²) in [4.78, 5) is 17.0. The third-order valence-corrected chi connectivity index (χ3v) is 5.34. The summed E-state index contributed by atoms with van der Waals surface area (Å²) in [6.07, 6.45) is 6.47. The van der Waals surface area contributed by atoms with Crippen LogP contribution in [0.1, 0.15) is 47.4 Å². The number of amides is 1. The Hall–Kier alpha value is -2.25. The van der Waals surface area contributed by atoms with E-state index in [9.17, 15) is 4.79 Å². The van der Waals surface area contributed by atoms with E-state index in [-0.39, 0.29) is 5.91 Å². The standard InChI is InChI=1S/C19H24N4O3/c1-25-19(7-10-26-11-8-19)16-6-5-14(13-20-16)18(24)21-17-12-15-4-2-3-9-23(15)22-17/h5-6,12-13H,2-4,7-11H2,1H3,(H,21,22,24). The van der Waals surface area contributed by atoms with Crippen molar-refractivity contribution in [1.29, 1.82) is 0 Å². The van der Waals surface area contributed by atoms with Crippen LogP contribution in [0.5, 0.6) is 0 Å². The molecule has 0 saturated carbocycles. The summed E-state index contributed by atoms with van der Waals surface area (Å²) in [5.41, 5.74) is 2.12. The van der Waals surface area contributed by atoms with E-state index in [4.69, 9.17) is 9.47 Å². The van der Waals surface area contributed by atoms with E-state index in [1.54, 1.807) is 19.4 Å². The molecular formula is C19H24N4O3. The molecule has 0 unspecified atom stereocenters. The fourth-order valence-electron chi connectivity index (χ4n) is 3.73. The van der Waals surface area contributed by atoms with Crippen molar-refractivity contribution >= 4 is 11.7 Å². The van der Waals surface area contributed by atoms with Gasteiger partial charge in [0, 0.05) is 57.7 Å². The normalized spacial score (nSPS) is 19.0. The molecule has 4 heterocycles. The minimum atomic E-state index is -0.420. The van der Waals surface area contributed by atoms with Gasteiger partial charge in [0.1, 0.15) is 5.60 Å². The first-order chi connectivity index (χ1) is 12.7. The second kappa shape index (κ2) is 7.17. The van der Waals surface area contributed by atoms with Crippen LogP contribution < -0.4 is 5.32 Å². The van der Waals surface area contributed by atoms with Gasteiger partial charge in [-0.25, -0.2) is 0 Å². The van der Waals surface area contributed by atoms with Gasteiger partial charge < -0.3 is 14.8 Å². The minimum Gasteiger partial charge on any atom is -0.381 e. The predicted octanol–water partition coefficient (Wildman–Crippen LogP) is 2.52. The van der Waals surface area contributed by atoms with E-state index < -0.39 is 5.60 Å². The Labute approximate surface area is 152 Å². The molecular weight excluding hydrogens is 332 g/mol. The van der Waals surface area contributed by atoms with Crippen molar-refractivity contribution in [3.63, 3.8) is 0 Å². The fourth-order valence-corrected chi connectivity index (χ4v) is 3.73. The van der Waals surface area contributed by atoms with Gasteiger partial charge >= 0.3 is 0 Å². The number of nitrogens with zero attached hydrogens (tertiary/aromatic N) is 3. The van der Waals surface area contributed by atoms with E-state index in [0.29, 0.717) is 24.6 Å². The molecule has 1 fully saturated rings. The third-order valence-electron chi connectivity index (χ3n) is 5.34. The Morgan fingerprint density at radius 2 is 2.15 bits per heavy atom. The number of fused-ring (bicyclic) bond motifs is 1. The lowest BCUT2D eigenvalue weighted by Crippen LogP contribution is -2.36. The second-order valence-electron chi connectivity index (χ2n) is 6.90. The molecule has 2 aromatic heterocycles. The lowest BCUT2D eigenvalue weighted by Gasteiger charge is -2.35. The minimum absolute atomic E-state index is 0.196. The van der Waals surface area contributed by atoms with Gasteiger partial charge in [0.05, 0.1) is 11.3 Å². The lowest BCUT2D eigenvalue weighted by atomic mass is 9.89. The molecule has 1 N–H and O–H groups in total. The van der Waals surface area contributed by atoms with E-state index in [0.717, 1.165) is 37.9 Å². The molecule has 1 saturated heterocycles. The molecule has 2 aromatic rings. The maximum absolute atomic E-state index is 12.5. The van der Waals surface area contributed by atoms with E-state index in [2.05, 4.69) is 15.4 Å². The quantitative estimate of drug-likeness (QED) is 0.911. The van der Waals surface area contributed by atoms with Crippen molar-refractivity contribution in [2.45, 2.75) is 44.2 Å². The first-order valence-corrected chi connectivity index (χ1v) is 9.18. The highest BCUT2D eigenvalue weighted by Crippen LogP contribution is 2.34. The molecule has 0 aromatic carbocycles. The van der Waals surface area contributed by atoms with Gasteiger partial charge in [-0.1, -0.05) is 0 Å². The van der Waals surface area contributed by atoms with Crippen LogP contribution in [0.15, 0.2) is 24.4 Å². The van der Waals surface area contributed by atoms with Crippen molar-refractivity contribution in [1.82, 2.24) is 14.8 Å². The van der Waals surface area contributed by atoms with Crippen LogP contribution in [0.2, 0.25) is 0 Å². The van der Waals surface area contributed by atoms with Gasteiger partial charge in [0.2, 0.25) is 0 Å². The summed E-state index contributed by atoms with van der Waals surface area (Å²) < 4.78 is 13.2. The first-order valence-electron chi connectivity index (χ1n) is 9.18. The van der Waals surface area contributed by atoms with E-state index >= 15 is 0 Å². The Morgan fingerprint density at radius 1 is 1.31 bits per heavy atom. The highest BCUT2D eigenvalue weighted by molar-refractivity contribution is 6.03. The summed E-state index contributed by atoms with van der Waals surface area (Å²) in [6, 6.07) is 5.63. The Bertz CT molecular complexity index is 755. The zero-order chi connectivity index (χ0) is 18.0. The summed E-state index contributed by atoms with van der Waals surface area (Å²) in [7, 11) is 1.70. The highest BCUT2D eigenvalue weighted by atomic mass is 16.5. The smallest absolute Gasteiger partial charge is 0.258 e. The largest absolute Gasteiger partial charge is 0.381 e. The molecule has 0 atom stereocenters. The van der Waals surface area contributed by atoms with Gasteiger partial charge in [-0.3, -0.25) is 14.5 Å². The number of pyridine rings is 1. The second-order valence-corrected chi connectivity index (χ2v) is 6.90. The van der Waals surface area contributed by atoms with E-state index in [1.165, 1.54) is 12.1 Å². The monoisotopic (exact) mass is 356 g/mol. The fraction of sp³-hybridized carbons (Fsp3) is 0.526. The van der Waals surface area contributed by atoms with Crippen molar-refractivity contribution in [2.24, 2.45) is 0 Å². The van der Waals surface area contributed by atoms with Crippen LogP contribution in [0.4, 0.5) is 5.82 Å². The number of ether oxygens (including phenoxy) is 2. The zero-order valence-electron chi connectivity index (χ0n) is 15.0. The maximum atomic E-state index is 12.5. The van der Waals surface area contributed by atoms with Crippen LogP contribution in [-0.4, -0.2) is 41.0 Å². The van der Waals surface area contributed by atoms with Crippen LogP contribution in [0.25, 0.3) is 0 Å². The Kier molecular flexibility index (Phi) is 4.74. The number of nitrogens with one attached hydrogen (secondary N) is 1. The van der Waals surface area contributed by atoms with Gasteiger partial charge in [-0.05, 0) is 31.4 Å². The molecule has 4 rings (SSSR count). The predicted molar refractivity (Wildman–Crippen MR) is 96.1 cm³/mol. The molecule has 0 aliphatic carbocycles. The van der Waals surface area contributed by atoms with Crippen LogP contribution in [0, 0.1) is 0 Å². The molecule has 7 heteroatoms. The number of aromatic nitrogens is 3. The van der Waals surface area contributed by atoms with Gasteiger partial charge in [0.15, 0.2) is 5.82 Å². The molecule has 2 aliphatic rings. The number of anilines is 1. The highest BCUT2D eigenvalue weighted by Gasteiger charge is 2.35. The van der Waals surface area contributed by atoms with Crippen molar-refractivity contribution in [2.75, 3.05) is 25.6 Å².